The second-order valence-electron chi connectivity index (χ2n) is 10.5. The molecule has 3 heterocycles. The SMILES string of the molecule is CCN(C)c1cc(C(=O)NC[C@H](O)CN2CCc3c(ccc(OCc4cnco4)c3Cl)C2)cc(NC2CCC2)n1.S. The molecule has 0 spiro atoms. The van der Waals surface area contributed by atoms with Gasteiger partial charge in [-0.2, -0.15) is 13.5 Å². The first-order valence-corrected chi connectivity index (χ1v) is 14.3. The molecule has 0 unspecified atom stereocenters. The van der Waals surface area contributed by atoms with E-state index in [2.05, 4.69) is 25.5 Å². The first-order valence-electron chi connectivity index (χ1n) is 13.9. The monoisotopic (exact) mass is 602 g/mol. The van der Waals surface area contributed by atoms with Gasteiger partial charge in [-0.3, -0.25) is 9.69 Å². The molecule has 1 aliphatic heterocycles. The third kappa shape index (κ3) is 7.85. The molecule has 5 rings (SSSR count). The average Bonchev–Trinajstić information content (AvgIpc) is 3.46. The topological polar surface area (TPSA) is 116 Å². The Kier molecular flexibility index (Phi) is 10.8. The zero-order chi connectivity index (χ0) is 28.1. The molecule has 1 fully saturated rings. The molecular formula is C29H39ClN6O4S. The number of oxazole rings is 1. The van der Waals surface area contributed by atoms with Crippen LogP contribution in [0.5, 0.6) is 5.75 Å². The molecule has 2 aliphatic rings. The van der Waals surface area contributed by atoms with Gasteiger partial charge in [-0.25, -0.2) is 9.97 Å². The number of nitrogens with one attached hydrogen (secondary N) is 2. The van der Waals surface area contributed by atoms with Crippen LogP contribution in [0.15, 0.2) is 41.3 Å². The maximum atomic E-state index is 13.0. The number of aliphatic hydroxyl groups is 1. The minimum absolute atomic E-state index is 0. The molecule has 0 bridgehead atoms. The predicted molar refractivity (Wildman–Crippen MR) is 164 cm³/mol. The Morgan fingerprint density at radius 2 is 2.17 bits per heavy atom. The number of aromatic nitrogens is 2. The van der Waals surface area contributed by atoms with Crippen LogP contribution in [-0.2, 0) is 19.6 Å². The Morgan fingerprint density at radius 3 is 2.88 bits per heavy atom. The van der Waals surface area contributed by atoms with Crippen LogP contribution in [0.1, 0.15) is 53.4 Å². The molecule has 1 saturated carbocycles. The highest BCUT2D eigenvalue weighted by Gasteiger charge is 2.24. The van der Waals surface area contributed by atoms with Gasteiger partial charge in [0.2, 0.25) is 0 Å². The van der Waals surface area contributed by atoms with Crippen molar-refractivity contribution in [3.63, 3.8) is 0 Å². The van der Waals surface area contributed by atoms with Crippen molar-refractivity contribution in [2.24, 2.45) is 0 Å². The third-order valence-corrected chi connectivity index (χ3v) is 8.01. The fourth-order valence-electron chi connectivity index (χ4n) is 4.89. The van der Waals surface area contributed by atoms with Gasteiger partial charge in [0, 0.05) is 51.4 Å². The predicted octanol–water partition coefficient (Wildman–Crippen LogP) is 3.98. The molecule has 10 nitrogen and oxygen atoms in total. The summed E-state index contributed by atoms with van der Waals surface area (Å²) in [6.07, 6.45) is 6.47. The maximum absolute atomic E-state index is 13.0. The van der Waals surface area contributed by atoms with Crippen molar-refractivity contribution in [2.75, 3.05) is 43.4 Å². The molecule has 0 radical (unpaired) electrons. The summed E-state index contributed by atoms with van der Waals surface area (Å²) < 4.78 is 11.0. The normalized spacial score (nSPS) is 15.7. The number of aliphatic hydroxyl groups excluding tert-OH is 1. The molecule has 1 atom stereocenters. The van der Waals surface area contributed by atoms with E-state index in [9.17, 15) is 9.90 Å². The first kappa shape index (κ1) is 31.0. The van der Waals surface area contributed by atoms with Crippen LogP contribution >= 0.6 is 25.1 Å². The van der Waals surface area contributed by atoms with E-state index in [1.54, 1.807) is 18.3 Å². The van der Waals surface area contributed by atoms with E-state index in [0.29, 0.717) is 47.0 Å². The zero-order valence-electron chi connectivity index (χ0n) is 23.5. The van der Waals surface area contributed by atoms with Crippen LogP contribution in [-0.4, -0.2) is 71.3 Å². The van der Waals surface area contributed by atoms with E-state index in [1.807, 2.05) is 31.0 Å². The lowest BCUT2D eigenvalue weighted by molar-refractivity contribution is 0.0841. The smallest absolute Gasteiger partial charge is 0.251 e. The molecule has 3 aromatic rings. The average molecular weight is 603 g/mol. The summed E-state index contributed by atoms with van der Waals surface area (Å²) in [5.74, 6) is 2.48. The van der Waals surface area contributed by atoms with E-state index >= 15 is 0 Å². The Balaban J connectivity index is 0.00000387. The zero-order valence-corrected chi connectivity index (χ0v) is 25.3. The Bertz CT molecular complexity index is 1310. The molecule has 12 heteroatoms. The molecule has 0 saturated heterocycles. The second-order valence-corrected chi connectivity index (χ2v) is 10.9. The fraction of sp³-hybridized carbons (Fsp3) is 0.483. The summed E-state index contributed by atoms with van der Waals surface area (Å²) in [6.45, 7) is 5.09. The lowest BCUT2D eigenvalue weighted by atomic mass is 9.93. The van der Waals surface area contributed by atoms with Crippen LogP contribution in [0.3, 0.4) is 0 Å². The number of ether oxygens (including phenoxy) is 1. The largest absolute Gasteiger partial charge is 0.484 e. The van der Waals surface area contributed by atoms with Crippen molar-refractivity contribution in [2.45, 2.75) is 57.9 Å². The number of benzene rings is 1. The summed E-state index contributed by atoms with van der Waals surface area (Å²) in [6, 6.07) is 7.88. The van der Waals surface area contributed by atoms with Crippen molar-refractivity contribution in [1.82, 2.24) is 20.2 Å². The van der Waals surface area contributed by atoms with Crippen LogP contribution in [0, 0.1) is 0 Å². The van der Waals surface area contributed by atoms with Crippen LogP contribution in [0.4, 0.5) is 11.6 Å². The number of carbonyl (C=O) groups is 1. The van der Waals surface area contributed by atoms with Gasteiger partial charge in [-0.05, 0) is 61.9 Å². The number of halogens is 1. The first-order chi connectivity index (χ1) is 19.4. The summed E-state index contributed by atoms with van der Waals surface area (Å²) in [4.78, 5) is 25.8. The number of nitrogens with zero attached hydrogens (tertiary/aromatic N) is 4. The highest BCUT2D eigenvalue weighted by atomic mass is 35.5. The van der Waals surface area contributed by atoms with Gasteiger partial charge in [0.25, 0.3) is 5.91 Å². The molecule has 1 aromatic carbocycles. The maximum Gasteiger partial charge on any atom is 0.251 e. The molecule has 41 heavy (non-hydrogen) atoms. The Labute approximate surface area is 252 Å². The van der Waals surface area contributed by atoms with Gasteiger partial charge in [0.15, 0.2) is 12.2 Å². The number of β-amino-alcohol motifs (C(OH)–C–C–N with tert-alkyl or cyclic N) is 1. The highest BCUT2D eigenvalue weighted by molar-refractivity contribution is 7.59. The molecule has 222 valence electrons. The summed E-state index contributed by atoms with van der Waals surface area (Å²) in [7, 11) is 1.96. The number of amides is 1. The van der Waals surface area contributed by atoms with Crippen molar-refractivity contribution < 1.29 is 19.1 Å². The summed E-state index contributed by atoms with van der Waals surface area (Å²) in [5.41, 5.74) is 2.70. The number of fused-ring (bicyclic) bond motifs is 1. The van der Waals surface area contributed by atoms with E-state index in [-0.39, 0.29) is 32.6 Å². The van der Waals surface area contributed by atoms with E-state index in [1.165, 1.54) is 12.8 Å². The highest BCUT2D eigenvalue weighted by Crippen LogP contribution is 2.34. The van der Waals surface area contributed by atoms with E-state index in [4.69, 9.17) is 20.8 Å². The fourth-order valence-corrected chi connectivity index (χ4v) is 5.23. The molecule has 1 aliphatic carbocycles. The number of hydrogen-bond acceptors (Lipinski definition) is 9. The third-order valence-electron chi connectivity index (χ3n) is 7.59. The van der Waals surface area contributed by atoms with Gasteiger partial charge in [0.1, 0.15) is 24.0 Å². The van der Waals surface area contributed by atoms with Crippen molar-refractivity contribution in [3.05, 3.63) is 64.3 Å². The van der Waals surface area contributed by atoms with Crippen molar-refractivity contribution >= 4 is 42.6 Å². The van der Waals surface area contributed by atoms with Gasteiger partial charge in [-0.15, -0.1) is 0 Å². The molecule has 3 N–H and O–H groups in total. The Morgan fingerprint density at radius 1 is 1.34 bits per heavy atom. The molecular weight excluding hydrogens is 564 g/mol. The molecule has 1 amide bonds. The Hall–Kier alpha value is -2.99. The molecule has 2 aromatic heterocycles. The van der Waals surface area contributed by atoms with Gasteiger partial charge >= 0.3 is 0 Å². The van der Waals surface area contributed by atoms with Crippen LogP contribution in [0.2, 0.25) is 5.02 Å². The summed E-state index contributed by atoms with van der Waals surface area (Å²) >= 11 is 6.65. The summed E-state index contributed by atoms with van der Waals surface area (Å²) in [5, 5.41) is 17.7. The van der Waals surface area contributed by atoms with E-state index in [0.717, 1.165) is 49.3 Å². The van der Waals surface area contributed by atoms with Crippen LogP contribution < -0.4 is 20.3 Å². The van der Waals surface area contributed by atoms with E-state index < -0.39 is 6.10 Å². The number of pyridine rings is 1. The quantitative estimate of drug-likeness (QED) is 0.283. The number of carbonyl (C=O) groups excluding carboxylic acids is 1. The van der Waals surface area contributed by atoms with Gasteiger partial charge < -0.3 is 29.8 Å². The number of hydrogen-bond donors (Lipinski definition) is 3. The minimum Gasteiger partial charge on any atom is -0.484 e. The lowest BCUT2D eigenvalue weighted by Crippen LogP contribution is -2.42. The van der Waals surface area contributed by atoms with Crippen LogP contribution in [0.25, 0.3) is 0 Å². The van der Waals surface area contributed by atoms with Gasteiger partial charge in [-0.1, -0.05) is 17.7 Å². The standard InChI is InChI=1S/C29H37ClN6O4.H2S/c1-3-35(2)27-12-20(11-26(34-27)33-21-5-4-6-21)29(38)32-13-22(37)16-36-10-9-24-19(15-36)7-8-25(28(24)30)39-17-23-14-31-18-40-23;/h7-8,11-12,14,18,21-22,37H,3-6,9-10,13,15-17H2,1-2H3,(H,32,38)(H,33,34);1H2/t22-;/m0./s1. The minimum atomic E-state index is -0.710. The lowest BCUT2D eigenvalue weighted by Gasteiger charge is -2.31. The number of anilines is 2. The van der Waals surface area contributed by atoms with Gasteiger partial charge in [0.05, 0.1) is 17.3 Å². The van der Waals surface area contributed by atoms with Crippen molar-refractivity contribution in [1.29, 1.82) is 0 Å². The van der Waals surface area contributed by atoms with Crippen molar-refractivity contribution in [3.8, 4) is 5.75 Å². The number of rotatable bonds is 12. The second kappa shape index (κ2) is 14.3.